The number of carbonyl (C=O) groups excluding carboxylic acids is 1. The molecule has 23 heavy (non-hydrogen) atoms. The molecule has 0 aliphatic carbocycles. The first-order valence-corrected chi connectivity index (χ1v) is 7.85. The Kier molecular flexibility index (Phi) is 4.21. The molecular weight excluding hydrogens is 298 g/mol. The van der Waals surface area contributed by atoms with E-state index in [9.17, 15) is 14.9 Å². The lowest BCUT2D eigenvalue weighted by molar-refractivity contribution is -0.385. The van der Waals surface area contributed by atoms with Crippen LogP contribution >= 0.6 is 0 Å². The smallest absolute Gasteiger partial charge is 0.311 e. The maximum atomic E-state index is 12.7. The quantitative estimate of drug-likeness (QED) is 0.677. The van der Waals surface area contributed by atoms with E-state index >= 15 is 0 Å². The van der Waals surface area contributed by atoms with Gasteiger partial charge < -0.3 is 15.0 Å². The van der Waals surface area contributed by atoms with Crippen LogP contribution in [0.3, 0.4) is 0 Å². The highest BCUT2D eigenvalue weighted by Crippen LogP contribution is 2.31. The van der Waals surface area contributed by atoms with Crippen LogP contribution in [0.4, 0.5) is 5.69 Å². The number of ether oxygens (including phenoxy) is 1. The van der Waals surface area contributed by atoms with Crippen molar-refractivity contribution >= 4 is 11.6 Å². The molecule has 1 amide bonds. The number of nitro benzene ring substituents is 1. The van der Waals surface area contributed by atoms with E-state index < -0.39 is 4.92 Å². The van der Waals surface area contributed by atoms with Gasteiger partial charge in [0, 0.05) is 36.8 Å². The SMILES string of the molecule is COc1ccc(C(=O)N(C)C2CC3CCC(C2)N3)cc1[N+](=O)[O-]. The fraction of sp³-hybridized carbons (Fsp3) is 0.562. The van der Waals surface area contributed by atoms with Crippen molar-refractivity contribution in [1.82, 2.24) is 10.2 Å². The van der Waals surface area contributed by atoms with E-state index in [0.29, 0.717) is 17.6 Å². The second-order valence-electron chi connectivity index (χ2n) is 6.32. The summed E-state index contributed by atoms with van der Waals surface area (Å²) in [6, 6.07) is 5.51. The number of rotatable bonds is 4. The van der Waals surface area contributed by atoms with Gasteiger partial charge in [-0.15, -0.1) is 0 Å². The monoisotopic (exact) mass is 319 g/mol. The highest BCUT2D eigenvalue weighted by molar-refractivity contribution is 5.95. The van der Waals surface area contributed by atoms with Crippen molar-refractivity contribution < 1.29 is 14.5 Å². The molecule has 0 aromatic heterocycles. The Hall–Kier alpha value is -2.15. The number of amides is 1. The lowest BCUT2D eigenvalue weighted by Gasteiger charge is -2.35. The fourth-order valence-electron chi connectivity index (χ4n) is 3.68. The number of nitro groups is 1. The Bertz CT molecular complexity index is 622. The molecule has 2 aliphatic rings. The van der Waals surface area contributed by atoms with Crippen molar-refractivity contribution in [2.75, 3.05) is 14.2 Å². The van der Waals surface area contributed by atoms with Crippen LogP contribution in [0.15, 0.2) is 18.2 Å². The molecule has 0 radical (unpaired) electrons. The third kappa shape index (κ3) is 3.01. The molecule has 7 nitrogen and oxygen atoms in total. The summed E-state index contributed by atoms with van der Waals surface area (Å²) in [5, 5.41) is 14.7. The number of piperidine rings is 1. The molecule has 3 rings (SSSR count). The molecule has 1 N–H and O–H groups in total. The molecule has 0 spiro atoms. The Morgan fingerprint density at radius 1 is 1.35 bits per heavy atom. The molecule has 124 valence electrons. The lowest BCUT2D eigenvalue weighted by atomic mass is 9.98. The number of nitrogens with zero attached hydrogens (tertiary/aromatic N) is 2. The lowest BCUT2D eigenvalue weighted by Crippen LogP contribution is -2.48. The average Bonchev–Trinajstić information content (AvgIpc) is 2.90. The van der Waals surface area contributed by atoms with Crippen LogP contribution in [-0.2, 0) is 0 Å². The number of hydrogen-bond donors (Lipinski definition) is 1. The molecular formula is C16H21N3O4. The third-order valence-electron chi connectivity index (χ3n) is 4.94. The largest absolute Gasteiger partial charge is 0.490 e. The maximum absolute atomic E-state index is 12.7. The van der Waals surface area contributed by atoms with Crippen molar-refractivity contribution in [3.8, 4) is 5.75 Å². The van der Waals surface area contributed by atoms with E-state index in [1.165, 1.54) is 19.2 Å². The molecule has 2 aliphatic heterocycles. The number of benzene rings is 1. The van der Waals surface area contributed by atoms with Gasteiger partial charge in [-0.1, -0.05) is 0 Å². The Labute approximate surface area is 134 Å². The van der Waals surface area contributed by atoms with Crippen molar-refractivity contribution in [2.24, 2.45) is 0 Å². The Morgan fingerprint density at radius 3 is 2.57 bits per heavy atom. The Balaban J connectivity index is 1.79. The standard InChI is InChI=1S/C16H21N3O4/c1-18(13-8-11-4-5-12(9-13)17-11)16(20)10-3-6-15(23-2)14(7-10)19(21)22/h3,6-7,11-13,17H,4-5,8-9H2,1-2H3. The first-order valence-electron chi connectivity index (χ1n) is 7.85. The van der Waals surface area contributed by atoms with Crippen LogP contribution in [0.2, 0.25) is 0 Å². The molecule has 2 fully saturated rings. The van der Waals surface area contributed by atoms with Crippen molar-refractivity contribution in [1.29, 1.82) is 0 Å². The van der Waals surface area contributed by atoms with Gasteiger partial charge in [-0.05, 0) is 37.8 Å². The zero-order valence-corrected chi connectivity index (χ0v) is 13.3. The fourth-order valence-corrected chi connectivity index (χ4v) is 3.68. The minimum absolute atomic E-state index is 0.161. The molecule has 2 unspecified atom stereocenters. The van der Waals surface area contributed by atoms with Gasteiger partial charge in [0.2, 0.25) is 0 Å². The zero-order valence-electron chi connectivity index (χ0n) is 13.3. The molecule has 2 atom stereocenters. The second-order valence-corrected chi connectivity index (χ2v) is 6.32. The topological polar surface area (TPSA) is 84.7 Å². The van der Waals surface area contributed by atoms with Crippen molar-refractivity contribution in [3.63, 3.8) is 0 Å². The predicted molar refractivity (Wildman–Crippen MR) is 84.7 cm³/mol. The maximum Gasteiger partial charge on any atom is 0.311 e. The van der Waals surface area contributed by atoms with Crippen LogP contribution in [0.1, 0.15) is 36.0 Å². The summed E-state index contributed by atoms with van der Waals surface area (Å²) in [5.41, 5.74) is 0.142. The van der Waals surface area contributed by atoms with E-state index in [0.717, 1.165) is 25.7 Å². The summed E-state index contributed by atoms with van der Waals surface area (Å²) < 4.78 is 4.98. The van der Waals surface area contributed by atoms with Crippen LogP contribution in [0, 0.1) is 10.1 Å². The first kappa shape index (κ1) is 15.7. The van der Waals surface area contributed by atoms with E-state index in [4.69, 9.17) is 4.74 Å². The Morgan fingerprint density at radius 2 is 2.00 bits per heavy atom. The van der Waals surface area contributed by atoms with Gasteiger partial charge in [0.15, 0.2) is 5.75 Å². The molecule has 2 heterocycles. The van der Waals surface area contributed by atoms with Gasteiger partial charge in [-0.25, -0.2) is 0 Å². The van der Waals surface area contributed by atoms with E-state index in [2.05, 4.69) is 5.32 Å². The summed E-state index contributed by atoms with van der Waals surface area (Å²) >= 11 is 0. The molecule has 7 heteroatoms. The van der Waals surface area contributed by atoms with E-state index in [-0.39, 0.29) is 23.4 Å². The van der Waals surface area contributed by atoms with Crippen molar-refractivity contribution in [2.45, 2.75) is 43.8 Å². The summed E-state index contributed by atoms with van der Waals surface area (Å²) in [6.07, 6.45) is 4.21. The first-order chi connectivity index (χ1) is 11.0. The van der Waals surface area contributed by atoms with Crippen LogP contribution < -0.4 is 10.1 Å². The van der Waals surface area contributed by atoms with Gasteiger partial charge >= 0.3 is 5.69 Å². The summed E-state index contributed by atoms with van der Waals surface area (Å²) in [6.45, 7) is 0. The predicted octanol–water partition coefficient (Wildman–Crippen LogP) is 1.96. The zero-order chi connectivity index (χ0) is 16.6. The number of hydrogen-bond acceptors (Lipinski definition) is 5. The molecule has 1 aromatic rings. The van der Waals surface area contributed by atoms with Gasteiger partial charge in [0.25, 0.3) is 5.91 Å². The van der Waals surface area contributed by atoms with Crippen LogP contribution in [0.25, 0.3) is 0 Å². The molecule has 2 saturated heterocycles. The number of methoxy groups -OCH3 is 1. The highest BCUT2D eigenvalue weighted by atomic mass is 16.6. The van der Waals surface area contributed by atoms with Crippen LogP contribution in [-0.4, -0.2) is 48.0 Å². The van der Waals surface area contributed by atoms with Gasteiger partial charge in [-0.3, -0.25) is 14.9 Å². The molecule has 2 bridgehead atoms. The molecule has 0 saturated carbocycles. The second kappa shape index (κ2) is 6.16. The third-order valence-corrected chi connectivity index (χ3v) is 4.94. The summed E-state index contributed by atoms with van der Waals surface area (Å²) in [7, 11) is 3.16. The molecule has 1 aromatic carbocycles. The minimum atomic E-state index is -0.527. The minimum Gasteiger partial charge on any atom is -0.490 e. The number of fused-ring (bicyclic) bond motifs is 2. The van der Waals surface area contributed by atoms with Crippen molar-refractivity contribution in [3.05, 3.63) is 33.9 Å². The summed E-state index contributed by atoms with van der Waals surface area (Å²) in [5.74, 6) is -0.0174. The van der Waals surface area contributed by atoms with Gasteiger partial charge in [-0.2, -0.15) is 0 Å². The van der Waals surface area contributed by atoms with Gasteiger partial charge in [0.05, 0.1) is 12.0 Å². The van der Waals surface area contributed by atoms with E-state index in [1.54, 1.807) is 18.0 Å². The normalized spacial score (nSPS) is 25.9. The highest BCUT2D eigenvalue weighted by Gasteiger charge is 2.36. The van der Waals surface area contributed by atoms with Gasteiger partial charge in [0.1, 0.15) is 0 Å². The van der Waals surface area contributed by atoms with Crippen LogP contribution in [0.5, 0.6) is 5.75 Å². The number of nitrogens with one attached hydrogen (secondary N) is 1. The van der Waals surface area contributed by atoms with E-state index in [1.807, 2.05) is 0 Å². The average molecular weight is 319 g/mol. The number of carbonyl (C=O) groups is 1. The summed E-state index contributed by atoms with van der Waals surface area (Å²) in [4.78, 5) is 25.0.